The molecule has 7 nitrogen and oxygen atoms in total. The zero-order valence-corrected chi connectivity index (χ0v) is 25.0. The monoisotopic (exact) mass is 665 g/mol. The Balaban J connectivity index is 2.01. The number of nitrogens with one attached hydrogen (secondary N) is 1. The third-order valence-corrected chi connectivity index (χ3v) is 8.71. The molecule has 0 heterocycles. The zero-order valence-electron chi connectivity index (χ0n) is 22.0. The summed E-state index contributed by atoms with van der Waals surface area (Å²) in [6.45, 7) is 3.79. The van der Waals surface area contributed by atoms with Crippen molar-refractivity contribution in [2.45, 2.75) is 50.6 Å². The number of benzene rings is 3. The first-order valence-corrected chi connectivity index (χ1v) is 15.3. The van der Waals surface area contributed by atoms with Gasteiger partial charge >= 0.3 is 0 Å². The summed E-state index contributed by atoms with van der Waals surface area (Å²) in [6.07, 6.45) is 2.02. The Morgan fingerprint density at radius 3 is 2.18 bits per heavy atom. The Hall–Kier alpha value is -2.99. The third-order valence-electron chi connectivity index (χ3n) is 6.21. The van der Waals surface area contributed by atoms with Crippen LogP contribution < -0.4 is 9.62 Å². The molecule has 1 N–H and O–H groups in total. The van der Waals surface area contributed by atoms with E-state index in [1.165, 1.54) is 29.2 Å². The summed E-state index contributed by atoms with van der Waals surface area (Å²) in [7, 11) is -4.11. The number of nitrogens with zero attached hydrogens (tertiary/aromatic N) is 2. The number of hydrogen-bond acceptors (Lipinski definition) is 4. The minimum atomic E-state index is -4.11. The fraction of sp³-hybridized carbons (Fsp3) is 0.310. The van der Waals surface area contributed by atoms with Crippen LogP contribution in [0.25, 0.3) is 0 Å². The van der Waals surface area contributed by atoms with E-state index in [2.05, 4.69) is 27.9 Å². The van der Waals surface area contributed by atoms with Crippen molar-refractivity contribution < 1.29 is 22.4 Å². The van der Waals surface area contributed by atoms with Gasteiger partial charge in [0.05, 0.1) is 10.6 Å². The number of rotatable bonds is 13. The summed E-state index contributed by atoms with van der Waals surface area (Å²) in [5.74, 6) is -1.28. The molecule has 0 spiro atoms. The largest absolute Gasteiger partial charge is 0.354 e. The van der Waals surface area contributed by atoms with Crippen molar-refractivity contribution in [3.05, 3.63) is 93.8 Å². The van der Waals surface area contributed by atoms with Gasteiger partial charge in [-0.3, -0.25) is 13.9 Å². The molecule has 0 aliphatic heterocycles. The second-order valence-electron chi connectivity index (χ2n) is 9.02. The highest BCUT2D eigenvalue weighted by molar-refractivity contribution is 14.1. The van der Waals surface area contributed by atoms with Crippen LogP contribution in [-0.4, -0.2) is 44.3 Å². The molecule has 0 radical (unpaired) electrons. The van der Waals surface area contributed by atoms with E-state index in [1.807, 2.05) is 6.92 Å². The van der Waals surface area contributed by atoms with Gasteiger partial charge < -0.3 is 10.2 Å². The molecular weight excluding hydrogens is 632 g/mol. The third kappa shape index (κ3) is 8.25. The summed E-state index contributed by atoms with van der Waals surface area (Å²) in [4.78, 5) is 28.5. The standard InChI is InChI=1S/C29H33FIN3O4S/c1-3-5-19-32-29(36)27(4-2)33(20-22-11-13-23(30)14-12-22)28(35)21-34(25-17-15-24(31)16-18-25)39(37,38)26-9-7-6-8-10-26/h6-18,27H,3-5,19-21H2,1-2H3,(H,32,36)/t27-/m1/s1. The minimum absolute atomic E-state index is 0.0186. The van der Waals surface area contributed by atoms with Crippen LogP contribution in [0.15, 0.2) is 83.8 Å². The van der Waals surface area contributed by atoms with E-state index >= 15 is 0 Å². The number of amides is 2. The predicted molar refractivity (Wildman–Crippen MR) is 159 cm³/mol. The molecule has 3 aromatic carbocycles. The number of halogens is 2. The van der Waals surface area contributed by atoms with Crippen molar-refractivity contribution in [3.63, 3.8) is 0 Å². The normalized spacial score (nSPS) is 12.0. The number of hydrogen-bond donors (Lipinski definition) is 1. The average molecular weight is 666 g/mol. The number of carbonyl (C=O) groups excluding carboxylic acids is 2. The van der Waals surface area contributed by atoms with Crippen LogP contribution in [0.2, 0.25) is 0 Å². The van der Waals surface area contributed by atoms with E-state index in [1.54, 1.807) is 61.5 Å². The lowest BCUT2D eigenvalue weighted by Gasteiger charge is -2.33. The highest BCUT2D eigenvalue weighted by Crippen LogP contribution is 2.25. The first-order chi connectivity index (χ1) is 18.7. The van der Waals surface area contributed by atoms with Gasteiger partial charge in [0.2, 0.25) is 11.8 Å². The summed E-state index contributed by atoms with van der Waals surface area (Å²) >= 11 is 2.12. The van der Waals surface area contributed by atoms with Crippen molar-refractivity contribution in [3.8, 4) is 0 Å². The van der Waals surface area contributed by atoms with Crippen LogP contribution in [0, 0.1) is 9.39 Å². The van der Waals surface area contributed by atoms with Gasteiger partial charge in [0.25, 0.3) is 10.0 Å². The quantitative estimate of drug-likeness (QED) is 0.197. The average Bonchev–Trinajstić information content (AvgIpc) is 2.93. The number of unbranched alkanes of at least 4 members (excludes halogenated alkanes) is 1. The van der Waals surface area contributed by atoms with Crippen LogP contribution in [0.1, 0.15) is 38.7 Å². The molecule has 0 unspecified atom stereocenters. The lowest BCUT2D eigenvalue weighted by Crippen LogP contribution is -2.52. The number of carbonyl (C=O) groups is 2. The molecule has 0 bridgehead atoms. The van der Waals surface area contributed by atoms with Crippen LogP contribution in [0.5, 0.6) is 0 Å². The molecule has 0 saturated carbocycles. The molecule has 3 aromatic rings. The van der Waals surface area contributed by atoms with Crippen molar-refractivity contribution >= 4 is 50.1 Å². The fourth-order valence-corrected chi connectivity index (χ4v) is 5.86. The van der Waals surface area contributed by atoms with Gasteiger partial charge in [-0.25, -0.2) is 12.8 Å². The summed E-state index contributed by atoms with van der Waals surface area (Å²) in [6, 6.07) is 19.6. The van der Waals surface area contributed by atoms with Crippen LogP contribution in [0.4, 0.5) is 10.1 Å². The highest BCUT2D eigenvalue weighted by atomic mass is 127. The van der Waals surface area contributed by atoms with Gasteiger partial charge in [-0.1, -0.05) is 50.6 Å². The van der Waals surface area contributed by atoms with E-state index in [4.69, 9.17) is 0 Å². The Morgan fingerprint density at radius 1 is 0.949 bits per heavy atom. The molecular formula is C29H33FIN3O4S. The second kappa shape index (κ2) is 14.4. The predicted octanol–water partition coefficient (Wildman–Crippen LogP) is 5.35. The summed E-state index contributed by atoms with van der Waals surface area (Å²) < 4.78 is 43.1. The first-order valence-electron chi connectivity index (χ1n) is 12.8. The zero-order chi connectivity index (χ0) is 28.4. The molecule has 39 heavy (non-hydrogen) atoms. The van der Waals surface area contributed by atoms with Crippen molar-refractivity contribution in [2.24, 2.45) is 0 Å². The van der Waals surface area contributed by atoms with Gasteiger partial charge in [-0.2, -0.15) is 0 Å². The van der Waals surface area contributed by atoms with E-state index in [0.717, 1.165) is 20.7 Å². The molecule has 0 fully saturated rings. The maximum absolute atomic E-state index is 13.9. The molecule has 0 aliphatic rings. The Bertz CT molecular complexity index is 1340. The minimum Gasteiger partial charge on any atom is -0.354 e. The van der Waals surface area contributed by atoms with E-state index in [0.29, 0.717) is 24.2 Å². The molecule has 2 amide bonds. The second-order valence-corrected chi connectivity index (χ2v) is 12.1. The highest BCUT2D eigenvalue weighted by Gasteiger charge is 2.33. The number of sulfonamides is 1. The van der Waals surface area contributed by atoms with E-state index in [-0.39, 0.29) is 17.3 Å². The Morgan fingerprint density at radius 2 is 1.59 bits per heavy atom. The fourth-order valence-electron chi connectivity index (χ4n) is 4.07. The van der Waals surface area contributed by atoms with Crippen molar-refractivity contribution in [1.82, 2.24) is 10.2 Å². The lowest BCUT2D eigenvalue weighted by atomic mass is 10.1. The van der Waals surface area contributed by atoms with Crippen molar-refractivity contribution in [2.75, 3.05) is 17.4 Å². The summed E-state index contributed by atoms with van der Waals surface area (Å²) in [5.41, 5.74) is 0.950. The maximum atomic E-state index is 13.9. The van der Waals surface area contributed by atoms with Crippen LogP contribution >= 0.6 is 22.6 Å². The molecule has 0 aromatic heterocycles. The van der Waals surface area contributed by atoms with Gasteiger partial charge in [-0.15, -0.1) is 0 Å². The molecule has 3 rings (SSSR count). The van der Waals surface area contributed by atoms with Gasteiger partial charge in [0.1, 0.15) is 18.4 Å². The van der Waals surface area contributed by atoms with Crippen LogP contribution in [-0.2, 0) is 26.2 Å². The Kier molecular flexibility index (Phi) is 11.3. The van der Waals surface area contributed by atoms with E-state index < -0.39 is 34.3 Å². The summed E-state index contributed by atoms with van der Waals surface area (Å²) in [5, 5.41) is 2.89. The molecule has 1 atom stereocenters. The first kappa shape index (κ1) is 30.6. The molecule has 0 aliphatic carbocycles. The van der Waals surface area contributed by atoms with Gasteiger partial charge in [0.15, 0.2) is 0 Å². The van der Waals surface area contributed by atoms with Gasteiger partial charge in [-0.05, 0) is 89.5 Å². The molecule has 208 valence electrons. The van der Waals surface area contributed by atoms with Crippen molar-refractivity contribution in [1.29, 1.82) is 0 Å². The Labute approximate surface area is 243 Å². The van der Waals surface area contributed by atoms with E-state index in [9.17, 15) is 22.4 Å². The SMILES string of the molecule is CCCCNC(=O)[C@@H](CC)N(Cc1ccc(F)cc1)C(=O)CN(c1ccc(I)cc1)S(=O)(=O)c1ccccc1. The smallest absolute Gasteiger partial charge is 0.264 e. The van der Waals surface area contributed by atoms with Gasteiger partial charge in [0, 0.05) is 16.7 Å². The lowest BCUT2D eigenvalue weighted by molar-refractivity contribution is -0.140. The number of anilines is 1. The van der Waals surface area contributed by atoms with Crippen LogP contribution in [0.3, 0.4) is 0 Å². The molecule has 0 saturated heterocycles. The maximum Gasteiger partial charge on any atom is 0.264 e. The molecule has 10 heteroatoms. The topological polar surface area (TPSA) is 86.8 Å².